The zero-order valence-corrected chi connectivity index (χ0v) is 15.4. The van der Waals surface area contributed by atoms with E-state index in [9.17, 15) is 23.2 Å². The average molecular weight is 390 g/mol. The van der Waals surface area contributed by atoms with Crippen molar-refractivity contribution in [1.82, 2.24) is 0 Å². The minimum absolute atomic E-state index is 0.0157. The van der Waals surface area contributed by atoms with Crippen LogP contribution in [-0.2, 0) is 16.0 Å². The first-order valence-corrected chi connectivity index (χ1v) is 8.56. The zero-order valence-electron chi connectivity index (χ0n) is 15.4. The molecule has 0 aliphatic heterocycles. The molecule has 0 aromatic heterocycles. The van der Waals surface area contributed by atoms with Crippen LogP contribution in [0, 0.1) is 17.6 Å². The highest BCUT2D eigenvalue weighted by Crippen LogP contribution is 2.19. The molecule has 148 valence electrons. The van der Waals surface area contributed by atoms with E-state index >= 15 is 0 Å². The van der Waals surface area contributed by atoms with E-state index in [-0.39, 0.29) is 40.7 Å². The number of aliphatic carboxylic acids is 1. The first kappa shape index (κ1) is 21.0. The SMILES string of the molecule is CC(C)CC(=O)Nc1ccc(C(=O)Nc2ccc(CC(=O)O)c(F)c2)cc1F. The van der Waals surface area contributed by atoms with Crippen LogP contribution in [0.1, 0.15) is 36.2 Å². The third-order valence-electron chi connectivity index (χ3n) is 3.75. The Labute approximate surface area is 160 Å². The monoisotopic (exact) mass is 390 g/mol. The lowest BCUT2D eigenvalue weighted by Crippen LogP contribution is -2.16. The predicted molar refractivity (Wildman–Crippen MR) is 100 cm³/mol. The van der Waals surface area contributed by atoms with Crippen LogP contribution in [0.25, 0.3) is 0 Å². The number of carbonyl (C=O) groups is 3. The summed E-state index contributed by atoms with van der Waals surface area (Å²) in [5.41, 5.74) is 0.0324. The van der Waals surface area contributed by atoms with Crippen molar-refractivity contribution in [3.63, 3.8) is 0 Å². The molecule has 0 saturated carbocycles. The van der Waals surface area contributed by atoms with Gasteiger partial charge in [-0.1, -0.05) is 19.9 Å². The molecule has 0 radical (unpaired) electrons. The fourth-order valence-electron chi connectivity index (χ4n) is 2.46. The summed E-state index contributed by atoms with van der Waals surface area (Å²) in [6.45, 7) is 3.72. The highest BCUT2D eigenvalue weighted by molar-refractivity contribution is 6.04. The number of carboxylic acids is 1. The second-order valence-corrected chi connectivity index (χ2v) is 6.67. The summed E-state index contributed by atoms with van der Waals surface area (Å²) in [6, 6.07) is 7.18. The van der Waals surface area contributed by atoms with Gasteiger partial charge in [-0.3, -0.25) is 14.4 Å². The number of anilines is 2. The van der Waals surface area contributed by atoms with Crippen molar-refractivity contribution in [2.75, 3.05) is 10.6 Å². The third kappa shape index (κ3) is 5.87. The quantitative estimate of drug-likeness (QED) is 0.670. The van der Waals surface area contributed by atoms with Gasteiger partial charge >= 0.3 is 5.97 Å². The molecule has 2 aromatic carbocycles. The van der Waals surface area contributed by atoms with Crippen LogP contribution in [-0.4, -0.2) is 22.9 Å². The van der Waals surface area contributed by atoms with E-state index in [1.54, 1.807) is 0 Å². The van der Waals surface area contributed by atoms with Gasteiger partial charge in [0.15, 0.2) is 0 Å². The van der Waals surface area contributed by atoms with Crippen LogP contribution in [0.15, 0.2) is 36.4 Å². The number of carbonyl (C=O) groups excluding carboxylic acids is 2. The molecule has 0 spiro atoms. The van der Waals surface area contributed by atoms with Crippen LogP contribution >= 0.6 is 0 Å². The molecule has 0 heterocycles. The summed E-state index contributed by atoms with van der Waals surface area (Å²) in [4.78, 5) is 34.6. The second kappa shape index (κ2) is 9.07. The maximum atomic E-state index is 14.2. The largest absolute Gasteiger partial charge is 0.481 e. The van der Waals surface area contributed by atoms with Gasteiger partial charge in [0.25, 0.3) is 5.91 Å². The number of nitrogens with one attached hydrogen (secondary N) is 2. The van der Waals surface area contributed by atoms with Gasteiger partial charge in [0.2, 0.25) is 5.91 Å². The van der Waals surface area contributed by atoms with E-state index in [1.165, 1.54) is 24.3 Å². The van der Waals surface area contributed by atoms with Gasteiger partial charge in [0.1, 0.15) is 11.6 Å². The maximum absolute atomic E-state index is 14.2. The van der Waals surface area contributed by atoms with Gasteiger partial charge in [-0.25, -0.2) is 8.78 Å². The summed E-state index contributed by atoms with van der Waals surface area (Å²) in [5, 5.41) is 13.6. The summed E-state index contributed by atoms with van der Waals surface area (Å²) in [5.74, 6) is -3.60. The molecule has 3 N–H and O–H groups in total. The summed E-state index contributed by atoms with van der Waals surface area (Å²) in [7, 11) is 0. The first-order chi connectivity index (χ1) is 13.2. The molecule has 0 aliphatic rings. The second-order valence-electron chi connectivity index (χ2n) is 6.67. The molecule has 2 amide bonds. The Balaban J connectivity index is 2.08. The highest BCUT2D eigenvalue weighted by Gasteiger charge is 2.14. The minimum atomic E-state index is -1.17. The van der Waals surface area contributed by atoms with Gasteiger partial charge in [-0.2, -0.15) is 0 Å². The number of amides is 2. The highest BCUT2D eigenvalue weighted by atomic mass is 19.1. The molecule has 2 aromatic rings. The summed E-state index contributed by atoms with van der Waals surface area (Å²) in [6.07, 6.45) is -0.236. The molecule has 0 atom stereocenters. The molecule has 0 unspecified atom stereocenters. The molecule has 0 fully saturated rings. The Bertz CT molecular complexity index is 913. The lowest BCUT2D eigenvalue weighted by molar-refractivity contribution is -0.136. The van der Waals surface area contributed by atoms with Gasteiger partial charge in [0, 0.05) is 17.7 Å². The van der Waals surface area contributed by atoms with Crippen LogP contribution < -0.4 is 10.6 Å². The van der Waals surface area contributed by atoms with Crippen molar-refractivity contribution >= 4 is 29.2 Å². The normalized spacial score (nSPS) is 10.6. The van der Waals surface area contributed by atoms with Crippen LogP contribution in [0.3, 0.4) is 0 Å². The van der Waals surface area contributed by atoms with Crippen LogP contribution in [0.4, 0.5) is 20.2 Å². The standard InChI is InChI=1S/C20H20F2N2O4/c1-11(2)7-18(25)24-17-6-4-13(8-16(17)22)20(28)23-14-5-3-12(9-19(26)27)15(21)10-14/h3-6,8,10-11H,7,9H2,1-2H3,(H,23,28)(H,24,25)(H,26,27). The van der Waals surface area contributed by atoms with Gasteiger partial charge in [-0.15, -0.1) is 0 Å². The van der Waals surface area contributed by atoms with Crippen molar-refractivity contribution in [2.45, 2.75) is 26.7 Å². The van der Waals surface area contributed by atoms with Gasteiger partial charge < -0.3 is 15.7 Å². The lowest BCUT2D eigenvalue weighted by Gasteiger charge is -2.10. The number of rotatable bonds is 7. The first-order valence-electron chi connectivity index (χ1n) is 8.56. The fourth-order valence-corrected chi connectivity index (χ4v) is 2.46. The van der Waals surface area contributed by atoms with E-state index in [0.717, 1.165) is 12.1 Å². The van der Waals surface area contributed by atoms with E-state index in [4.69, 9.17) is 5.11 Å². The maximum Gasteiger partial charge on any atom is 0.307 e. The number of hydrogen-bond acceptors (Lipinski definition) is 3. The molecule has 6 nitrogen and oxygen atoms in total. The Morgan fingerprint density at radius 1 is 1.00 bits per heavy atom. The smallest absolute Gasteiger partial charge is 0.307 e. The molecule has 8 heteroatoms. The number of benzene rings is 2. The molecular formula is C20H20F2N2O4. The van der Waals surface area contributed by atoms with Crippen molar-refractivity contribution in [3.8, 4) is 0 Å². The molecular weight excluding hydrogens is 370 g/mol. The third-order valence-corrected chi connectivity index (χ3v) is 3.75. The Kier molecular flexibility index (Phi) is 6.81. The van der Waals surface area contributed by atoms with Crippen molar-refractivity contribution in [3.05, 3.63) is 59.2 Å². The summed E-state index contributed by atoms with van der Waals surface area (Å²) >= 11 is 0. The van der Waals surface area contributed by atoms with Crippen molar-refractivity contribution in [1.29, 1.82) is 0 Å². The number of carboxylic acid groups (broad SMARTS) is 1. The van der Waals surface area contributed by atoms with Crippen molar-refractivity contribution < 1.29 is 28.3 Å². The van der Waals surface area contributed by atoms with E-state index in [0.29, 0.717) is 0 Å². The average Bonchev–Trinajstić information content (AvgIpc) is 2.58. The minimum Gasteiger partial charge on any atom is -0.481 e. The Morgan fingerprint density at radius 2 is 1.71 bits per heavy atom. The lowest BCUT2D eigenvalue weighted by atomic mass is 10.1. The number of hydrogen-bond donors (Lipinski definition) is 3. The molecule has 0 bridgehead atoms. The predicted octanol–water partition coefficient (Wildman–Crippen LogP) is 3.83. The topological polar surface area (TPSA) is 95.5 Å². The Morgan fingerprint density at radius 3 is 2.29 bits per heavy atom. The molecule has 0 aliphatic carbocycles. The van der Waals surface area contributed by atoms with Crippen LogP contribution in [0.2, 0.25) is 0 Å². The van der Waals surface area contributed by atoms with E-state index < -0.39 is 29.9 Å². The molecule has 0 saturated heterocycles. The van der Waals surface area contributed by atoms with Gasteiger partial charge in [-0.05, 0) is 41.8 Å². The summed E-state index contributed by atoms with van der Waals surface area (Å²) < 4.78 is 28.1. The zero-order chi connectivity index (χ0) is 20.8. The fraction of sp³-hybridized carbons (Fsp3) is 0.250. The van der Waals surface area contributed by atoms with Crippen LogP contribution in [0.5, 0.6) is 0 Å². The molecule has 28 heavy (non-hydrogen) atoms. The van der Waals surface area contributed by atoms with E-state index in [2.05, 4.69) is 10.6 Å². The van der Waals surface area contributed by atoms with E-state index in [1.807, 2.05) is 13.8 Å². The Hall–Kier alpha value is -3.29. The van der Waals surface area contributed by atoms with Gasteiger partial charge in [0.05, 0.1) is 12.1 Å². The van der Waals surface area contributed by atoms with Crippen molar-refractivity contribution in [2.24, 2.45) is 5.92 Å². The molecule has 2 rings (SSSR count). The number of halogens is 2.